The second kappa shape index (κ2) is 14.1. The van der Waals surface area contributed by atoms with Gasteiger partial charge in [0.2, 0.25) is 0 Å². The Morgan fingerprint density at radius 1 is 0.571 bits per heavy atom. The summed E-state index contributed by atoms with van der Waals surface area (Å²) in [6, 6.07) is 0. The minimum Gasteiger partial charge on any atom is -0.394 e. The third kappa shape index (κ3) is 6.89. The van der Waals surface area contributed by atoms with Crippen LogP contribution in [0, 0.1) is 0 Å². The summed E-state index contributed by atoms with van der Waals surface area (Å²) in [6.45, 7) is -0.377. The molecular formula is C23H40O19. The van der Waals surface area contributed by atoms with Crippen molar-refractivity contribution in [2.75, 3.05) is 19.8 Å². The molecule has 0 amide bonds. The zero-order valence-corrected chi connectivity index (χ0v) is 22.3. The zero-order valence-electron chi connectivity index (χ0n) is 22.3. The first-order valence-electron chi connectivity index (χ1n) is 13.4. The number of ether oxygens (including phenoxy) is 7. The molecule has 0 aliphatic carbocycles. The summed E-state index contributed by atoms with van der Waals surface area (Å²) in [5, 5.41) is 122. The molecule has 246 valence electrons. The van der Waals surface area contributed by atoms with Gasteiger partial charge in [0.1, 0.15) is 85.5 Å². The van der Waals surface area contributed by atoms with Crippen LogP contribution in [0.4, 0.5) is 0 Å². The van der Waals surface area contributed by atoms with Gasteiger partial charge in [0.05, 0.1) is 25.9 Å². The Kier molecular flexibility index (Phi) is 11.5. The first kappa shape index (κ1) is 34.1. The Balaban J connectivity index is 1.38. The van der Waals surface area contributed by atoms with Crippen LogP contribution in [0.3, 0.4) is 0 Å². The monoisotopic (exact) mass is 620 g/mol. The van der Waals surface area contributed by atoms with Crippen LogP contribution in [0.15, 0.2) is 0 Å². The molecule has 1 unspecified atom stereocenters. The smallest absolute Gasteiger partial charge is 0.187 e. The fourth-order valence-corrected chi connectivity index (χ4v) is 5.07. The highest BCUT2D eigenvalue weighted by molar-refractivity contribution is 4.95. The molecule has 12 N–H and O–H groups in total. The molecule has 4 aliphatic heterocycles. The molecule has 0 saturated carbocycles. The van der Waals surface area contributed by atoms with Crippen molar-refractivity contribution < 1.29 is 94.4 Å². The largest absolute Gasteiger partial charge is 0.394 e. The molecule has 42 heavy (non-hydrogen) atoms. The lowest BCUT2D eigenvalue weighted by atomic mass is 9.97. The summed E-state index contributed by atoms with van der Waals surface area (Å²) < 4.78 is 37.7. The average molecular weight is 621 g/mol. The maximum absolute atomic E-state index is 10.7. The van der Waals surface area contributed by atoms with Gasteiger partial charge in [-0.25, -0.2) is 0 Å². The van der Waals surface area contributed by atoms with Crippen molar-refractivity contribution in [2.45, 2.75) is 124 Å². The van der Waals surface area contributed by atoms with E-state index in [1.54, 1.807) is 0 Å². The van der Waals surface area contributed by atoms with E-state index in [9.17, 15) is 61.3 Å². The van der Waals surface area contributed by atoms with Crippen molar-refractivity contribution in [3.8, 4) is 0 Å². The number of hydrogen-bond donors (Lipinski definition) is 12. The van der Waals surface area contributed by atoms with E-state index in [0.29, 0.717) is 0 Å². The average Bonchev–Trinajstić information content (AvgIpc) is 2.96. The summed E-state index contributed by atoms with van der Waals surface area (Å²) >= 11 is 0. The normalized spacial score (nSPS) is 54.1. The molecule has 0 aromatic rings. The molecule has 0 aromatic carbocycles. The van der Waals surface area contributed by atoms with Gasteiger partial charge in [-0.2, -0.15) is 0 Å². The standard InChI is InChI=1S/C23H40O19/c1-5-9(26)14(31)19(42-21-16(33)10(27)6(25)3-36-21)23(38-5)37-4-8-12(29)15(32)18(20(35)39-8)41-22-17(34)13(30)11(28)7(2-24)40-22/h5-35H,2-4H2,1H3/t5-,6-,7-,8-,9+,10+,11-,12-,13+,14+,15+,16-,17-,18-,19-,20?,21+,22+,23-/m1/s1. The SMILES string of the molecule is C[C@H]1O[C@@H](OC[C@H]2OC(O)[C@H](O[C@@H]3O[C@H](CO)[C@@H](O)[C@H](O)[C@H]3O)[C@@H](O)[C@@H]2O)[C@H](O[C@@H]2OC[C@@H](O)[C@H](O)[C@H]2O)[C@@H](O)[C@H]1O. The van der Waals surface area contributed by atoms with Crippen LogP contribution in [-0.2, 0) is 33.2 Å². The molecule has 4 aliphatic rings. The first-order chi connectivity index (χ1) is 19.8. The summed E-state index contributed by atoms with van der Waals surface area (Å²) in [5.41, 5.74) is 0. The fourth-order valence-electron chi connectivity index (χ4n) is 5.07. The lowest BCUT2D eigenvalue weighted by molar-refractivity contribution is -0.373. The highest BCUT2D eigenvalue weighted by atomic mass is 16.8. The molecule has 19 atom stereocenters. The molecule has 0 radical (unpaired) electrons. The summed E-state index contributed by atoms with van der Waals surface area (Å²) in [6.07, 6.45) is -30.9. The van der Waals surface area contributed by atoms with Crippen molar-refractivity contribution in [3.05, 3.63) is 0 Å². The van der Waals surface area contributed by atoms with Crippen LogP contribution >= 0.6 is 0 Å². The van der Waals surface area contributed by atoms with Crippen LogP contribution < -0.4 is 0 Å². The van der Waals surface area contributed by atoms with Gasteiger partial charge in [0.15, 0.2) is 25.2 Å². The summed E-state index contributed by atoms with van der Waals surface area (Å²) in [4.78, 5) is 0. The van der Waals surface area contributed by atoms with Gasteiger partial charge < -0.3 is 94.4 Å². The molecule has 0 aromatic heterocycles. The minimum atomic E-state index is -1.96. The van der Waals surface area contributed by atoms with Crippen LogP contribution in [0.2, 0.25) is 0 Å². The Morgan fingerprint density at radius 2 is 1.17 bits per heavy atom. The summed E-state index contributed by atoms with van der Waals surface area (Å²) in [7, 11) is 0. The van der Waals surface area contributed by atoms with E-state index in [-0.39, 0.29) is 0 Å². The molecule has 4 saturated heterocycles. The Labute approximate surface area is 238 Å². The van der Waals surface area contributed by atoms with Gasteiger partial charge in [0.25, 0.3) is 0 Å². The number of aliphatic hydroxyl groups excluding tert-OH is 12. The molecule has 0 spiro atoms. The van der Waals surface area contributed by atoms with Gasteiger partial charge in [-0.1, -0.05) is 0 Å². The zero-order chi connectivity index (χ0) is 31.0. The summed E-state index contributed by atoms with van der Waals surface area (Å²) in [5.74, 6) is 0. The maximum atomic E-state index is 10.7. The number of hydrogen-bond acceptors (Lipinski definition) is 19. The Hall–Kier alpha value is -0.760. The van der Waals surface area contributed by atoms with E-state index in [2.05, 4.69) is 0 Å². The predicted molar refractivity (Wildman–Crippen MR) is 126 cm³/mol. The third-order valence-electron chi connectivity index (χ3n) is 7.76. The van der Waals surface area contributed by atoms with E-state index >= 15 is 0 Å². The minimum absolute atomic E-state index is 0.415. The van der Waals surface area contributed by atoms with Crippen molar-refractivity contribution in [2.24, 2.45) is 0 Å². The molecule has 0 bridgehead atoms. The van der Waals surface area contributed by atoms with Crippen LogP contribution in [-0.4, -0.2) is 198 Å². The van der Waals surface area contributed by atoms with Gasteiger partial charge in [-0.3, -0.25) is 0 Å². The van der Waals surface area contributed by atoms with Crippen LogP contribution in [0.1, 0.15) is 6.92 Å². The first-order valence-corrected chi connectivity index (χ1v) is 13.4. The van der Waals surface area contributed by atoms with Crippen molar-refractivity contribution >= 4 is 0 Å². The van der Waals surface area contributed by atoms with E-state index in [1.807, 2.05) is 0 Å². The molecule has 19 heteroatoms. The molecule has 19 nitrogen and oxygen atoms in total. The van der Waals surface area contributed by atoms with Crippen molar-refractivity contribution in [3.63, 3.8) is 0 Å². The van der Waals surface area contributed by atoms with Gasteiger partial charge in [-0.05, 0) is 6.92 Å². The lowest BCUT2D eigenvalue weighted by Crippen LogP contribution is -2.65. The van der Waals surface area contributed by atoms with Crippen LogP contribution in [0.5, 0.6) is 0 Å². The van der Waals surface area contributed by atoms with Gasteiger partial charge >= 0.3 is 0 Å². The van der Waals surface area contributed by atoms with Gasteiger partial charge in [0, 0.05) is 0 Å². The molecule has 4 rings (SSSR count). The molecule has 4 heterocycles. The highest BCUT2D eigenvalue weighted by Crippen LogP contribution is 2.31. The van der Waals surface area contributed by atoms with Gasteiger partial charge in [-0.15, -0.1) is 0 Å². The molecular weight excluding hydrogens is 580 g/mol. The Bertz CT molecular complexity index is 853. The fraction of sp³-hybridized carbons (Fsp3) is 1.00. The third-order valence-corrected chi connectivity index (χ3v) is 7.76. The maximum Gasteiger partial charge on any atom is 0.187 e. The number of rotatable bonds is 8. The van der Waals surface area contributed by atoms with E-state index in [0.717, 1.165) is 0 Å². The predicted octanol–water partition coefficient (Wildman–Crippen LogP) is -8.08. The number of aliphatic hydroxyl groups is 12. The van der Waals surface area contributed by atoms with Crippen molar-refractivity contribution in [1.82, 2.24) is 0 Å². The second-order valence-electron chi connectivity index (χ2n) is 10.7. The second-order valence-corrected chi connectivity index (χ2v) is 10.7. The lowest BCUT2D eigenvalue weighted by Gasteiger charge is -2.46. The quantitative estimate of drug-likeness (QED) is 0.120. The highest BCUT2D eigenvalue weighted by Gasteiger charge is 2.52. The van der Waals surface area contributed by atoms with E-state index in [4.69, 9.17) is 33.2 Å². The topological polar surface area (TPSA) is 307 Å². The van der Waals surface area contributed by atoms with E-state index < -0.39 is 137 Å². The van der Waals surface area contributed by atoms with Crippen LogP contribution in [0.25, 0.3) is 0 Å². The Morgan fingerprint density at radius 3 is 1.83 bits per heavy atom. The molecule has 4 fully saturated rings. The van der Waals surface area contributed by atoms with E-state index in [1.165, 1.54) is 6.92 Å². The van der Waals surface area contributed by atoms with Crippen molar-refractivity contribution in [1.29, 1.82) is 0 Å².